The van der Waals surface area contributed by atoms with E-state index in [0.717, 1.165) is 5.56 Å². The van der Waals surface area contributed by atoms with E-state index in [1.807, 2.05) is 30.3 Å². The van der Waals surface area contributed by atoms with Crippen LogP contribution in [0.4, 0.5) is 5.95 Å². The highest BCUT2D eigenvalue weighted by molar-refractivity contribution is 5.90. The molecular formula is C11H13N5O. The smallest absolute Gasteiger partial charge is 0.249 e. The summed E-state index contributed by atoms with van der Waals surface area (Å²) >= 11 is 0. The topological polar surface area (TPSA) is 82.7 Å². The van der Waals surface area contributed by atoms with Crippen LogP contribution in [0.3, 0.4) is 0 Å². The number of aromatic amines is 1. The lowest BCUT2D eigenvalue weighted by molar-refractivity contribution is -0.115. The number of anilines is 1. The molecule has 0 saturated heterocycles. The maximum absolute atomic E-state index is 11.3. The first-order valence-electron chi connectivity index (χ1n) is 5.22. The third-order valence-corrected chi connectivity index (χ3v) is 2.12. The van der Waals surface area contributed by atoms with Crippen LogP contribution in [0.1, 0.15) is 0 Å². The summed E-state index contributed by atoms with van der Waals surface area (Å²) in [5.74, 6) is 0.737. The number of hydrogen-bond donors (Lipinski definition) is 3. The highest BCUT2D eigenvalue weighted by atomic mass is 16.2. The van der Waals surface area contributed by atoms with E-state index < -0.39 is 0 Å². The van der Waals surface area contributed by atoms with Crippen LogP contribution in [0.25, 0.3) is 11.4 Å². The Hall–Kier alpha value is -2.21. The molecule has 3 N–H and O–H groups in total. The van der Waals surface area contributed by atoms with Crippen molar-refractivity contribution in [3.8, 4) is 11.4 Å². The molecule has 0 spiro atoms. The first kappa shape index (κ1) is 11.3. The third kappa shape index (κ3) is 2.88. The van der Waals surface area contributed by atoms with Gasteiger partial charge in [0.05, 0.1) is 6.54 Å². The predicted molar refractivity (Wildman–Crippen MR) is 64.4 cm³/mol. The minimum Gasteiger partial charge on any atom is -0.311 e. The Labute approximate surface area is 98.5 Å². The number of likely N-dealkylation sites (N-methyl/N-ethyl adjacent to an activating group) is 1. The molecule has 0 aliphatic heterocycles. The molecule has 0 atom stereocenters. The van der Waals surface area contributed by atoms with Crippen LogP contribution in [0.5, 0.6) is 0 Å². The average molecular weight is 231 g/mol. The molecule has 2 aromatic rings. The first-order chi connectivity index (χ1) is 8.29. The van der Waals surface area contributed by atoms with Gasteiger partial charge < -0.3 is 5.32 Å². The van der Waals surface area contributed by atoms with Crippen molar-refractivity contribution >= 4 is 11.9 Å². The molecule has 0 unspecified atom stereocenters. The van der Waals surface area contributed by atoms with Crippen LogP contribution >= 0.6 is 0 Å². The first-order valence-corrected chi connectivity index (χ1v) is 5.22. The molecule has 0 saturated carbocycles. The highest BCUT2D eigenvalue weighted by Crippen LogP contribution is 2.14. The van der Waals surface area contributed by atoms with Gasteiger partial charge in [-0.25, -0.2) is 0 Å². The Kier molecular flexibility index (Phi) is 3.46. The van der Waals surface area contributed by atoms with Crippen molar-refractivity contribution in [2.45, 2.75) is 0 Å². The lowest BCUT2D eigenvalue weighted by Gasteiger charge is -1.98. The molecule has 2 rings (SSSR count). The minimum atomic E-state index is -0.175. The Balaban J connectivity index is 2.09. The second kappa shape index (κ2) is 5.22. The maximum atomic E-state index is 11.3. The number of rotatable bonds is 4. The lowest BCUT2D eigenvalue weighted by atomic mass is 10.2. The van der Waals surface area contributed by atoms with Crippen LogP contribution in [0, 0.1) is 0 Å². The standard InChI is InChI=1S/C11H13N5O/c1-12-7-9(17)13-11-14-10(15-16-11)8-5-3-2-4-6-8/h2-6,12H,7H2,1H3,(H2,13,14,15,16,17). The molecule has 0 fully saturated rings. The molecule has 0 radical (unpaired) electrons. The molecule has 1 heterocycles. The zero-order valence-corrected chi connectivity index (χ0v) is 9.40. The van der Waals surface area contributed by atoms with E-state index in [-0.39, 0.29) is 18.4 Å². The van der Waals surface area contributed by atoms with Gasteiger partial charge in [0.15, 0.2) is 5.82 Å². The second-order valence-corrected chi connectivity index (χ2v) is 3.45. The second-order valence-electron chi connectivity index (χ2n) is 3.45. The Morgan fingerprint density at radius 1 is 1.35 bits per heavy atom. The summed E-state index contributed by atoms with van der Waals surface area (Å²) in [5.41, 5.74) is 0.925. The molecule has 1 amide bonds. The molecule has 0 aliphatic rings. The number of aromatic nitrogens is 3. The molecule has 6 nitrogen and oxygen atoms in total. The van der Waals surface area contributed by atoms with Crippen molar-refractivity contribution < 1.29 is 4.79 Å². The predicted octanol–water partition coefficient (Wildman–Crippen LogP) is 0.630. The van der Waals surface area contributed by atoms with Gasteiger partial charge in [0.1, 0.15) is 0 Å². The number of amides is 1. The van der Waals surface area contributed by atoms with E-state index in [1.54, 1.807) is 7.05 Å². The molecular weight excluding hydrogens is 218 g/mol. The summed E-state index contributed by atoms with van der Waals surface area (Å²) in [6, 6.07) is 9.59. The summed E-state index contributed by atoms with van der Waals surface area (Å²) in [5, 5.41) is 12.0. The summed E-state index contributed by atoms with van der Waals surface area (Å²) < 4.78 is 0. The fraction of sp³-hybridized carbons (Fsp3) is 0.182. The number of nitrogens with zero attached hydrogens (tertiary/aromatic N) is 2. The minimum absolute atomic E-state index is 0.175. The average Bonchev–Trinajstić information content (AvgIpc) is 2.79. The molecule has 6 heteroatoms. The van der Waals surface area contributed by atoms with E-state index >= 15 is 0 Å². The Morgan fingerprint density at radius 2 is 2.12 bits per heavy atom. The van der Waals surface area contributed by atoms with Crippen molar-refractivity contribution in [2.75, 3.05) is 18.9 Å². The summed E-state index contributed by atoms with van der Waals surface area (Å²) in [6.07, 6.45) is 0. The quantitative estimate of drug-likeness (QED) is 0.720. The van der Waals surface area contributed by atoms with Crippen LogP contribution in [0.15, 0.2) is 30.3 Å². The van der Waals surface area contributed by atoms with Gasteiger partial charge in [-0.15, -0.1) is 5.10 Å². The van der Waals surface area contributed by atoms with E-state index in [2.05, 4.69) is 25.8 Å². The number of hydrogen-bond acceptors (Lipinski definition) is 4. The Bertz CT molecular complexity index is 494. The van der Waals surface area contributed by atoms with Crippen LogP contribution in [0.2, 0.25) is 0 Å². The zero-order valence-electron chi connectivity index (χ0n) is 9.40. The van der Waals surface area contributed by atoms with Crippen molar-refractivity contribution in [1.82, 2.24) is 20.5 Å². The molecule has 1 aromatic carbocycles. The summed E-state index contributed by atoms with van der Waals surface area (Å²) in [7, 11) is 1.70. The van der Waals surface area contributed by atoms with Gasteiger partial charge in [-0.1, -0.05) is 30.3 Å². The van der Waals surface area contributed by atoms with Crippen LogP contribution in [-0.2, 0) is 4.79 Å². The number of nitrogens with one attached hydrogen (secondary N) is 3. The van der Waals surface area contributed by atoms with Crippen molar-refractivity contribution in [1.29, 1.82) is 0 Å². The van der Waals surface area contributed by atoms with Gasteiger partial charge in [0.25, 0.3) is 0 Å². The maximum Gasteiger partial charge on any atom is 0.249 e. The third-order valence-electron chi connectivity index (χ3n) is 2.12. The Morgan fingerprint density at radius 3 is 2.82 bits per heavy atom. The highest BCUT2D eigenvalue weighted by Gasteiger charge is 2.07. The zero-order chi connectivity index (χ0) is 12.1. The number of carbonyl (C=O) groups is 1. The molecule has 1 aromatic heterocycles. The SMILES string of the molecule is CNCC(=O)Nc1n[nH]c(-c2ccccc2)n1. The number of H-pyrrole nitrogens is 1. The summed E-state index contributed by atoms with van der Waals surface area (Å²) in [4.78, 5) is 15.5. The van der Waals surface area contributed by atoms with E-state index in [9.17, 15) is 4.79 Å². The van der Waals surface area contributed by atoms with E-state index in [4.69, 9.17) is 0 Å². The number of carbonyl (C=O) groups excluding carboxylic acids is 1. The molecule has 0 bridgehead atoms. The monoisotopic (exact) mass is 231 g/mol. The van der Waals surface area contributed by atoms with Gasteiger partial charge >= 0.3 is 0 Å². The van der Waals surface area contributed by atoms with E-state index in [1.165, 1.54) is 0 Å². The van der Waals surface area contributed by atoms with E-state index in [0.29, 0.717) is 5.82 Å². The number of benzene rings is 1. The van der Waals surface area contributed by atoms with Gasteiger partial charge in [-0.3, -0.25) is 15.2 Å². The molecule has 17 heavy (non-hydrogen) atoms. The van der Waals surface area contributed by atoms with Crippen molar-refractivity contribution in [3.05, 3.63) is 30.3 Å². The lowest BCUT2D eigenvalue weighted by Crippen LogP contribution is -2.25. The largest absolute Gasteiger partial charge is 0.311 e. The van der Waals surface area contributed by atoms with Gasteiger partial charge in [-0.05, 0) is 7.05 Å². The van der Waals surface area contributed by atoms with Crippen LogP contribution < -0.4 is 10.6 Å². The normalized spacial score (nSPS) is 10.2. The summed E-state index contributed by atoms with van der Waals surface area (Å²) in [6.45, 7) is 0.231. The van der Waals surface area contributed by atoms with Crippen LogP contribution in [-0.4, -0.2) is 34.7 Å². The van der Waals surface area contributed by atoms with Gasteiger partial charge in [0, 0.05) is 5.56 Å². The van der Waals surface area contributed by atoms with Gasteiger partial charge in [0.2, 0.25) is 11.9 Å². The fourth-order valence-corrected chi connectivity index (χ4v) is 1.37. The van der Waals surface area contributed by atoms with Gasteiger partial charge in [-0.2, -0.15) is 4.98 Å². The fourth-order valence-electron chi connectivity index (χ4n) is 1.37. The van der Waals surface area contributed by atoms with Crippen molar-refractivity contribution in [3.63, 3.8) is 0 Å². The van der Waals surface area contributed by atoms with Crippen molar-refractivity contribution in [2.24, 2.45) is 0 Å². The molecule has 88 valence electrons. The molecule has 0 aliphatic carbocycles.